The number of nitrogens with zero attached hydrogens (tertiary/aromatic N) is 1. The predicted molar refractivity (Wildman–Crippen MR) is 130 cm³/mol. The van der Waals surface area contributed by atoms with Gasteiger partial charge in [-0.1, -0.05) is 18.2 Å². The van der Waals surface area contributed by atoms with Crippen LogP contribution in [0.1, 0.15) is 5.56 Å². The second kappa shape index (κ2) is 9.70. The minimum Gasteiger partial charge on any atom is -0.504 e. The van der Waals surface area contributed by atoms with Crippen LogP contribution in [-0.2, 0) is 6.54 Å². The maximum atomic E-state index is 9.90. The van der Waals surface area contributed by atoms with E-state index in [4.69, 9.17) is 18.9 Å². The molecule has 0 aliphatic carbocycles. The number of benzene rings is 3. The van der Waals surface area contributed by atoms with Crippen LogP contribution in [0.15, 0.2) is 67.0 Å². The van der Waals surface area contributed by atoms with Gasteiger partial charge in [0.2, 0.25) is 0 Å². The lowest BCUT2D eigenvalue weighted by Crippen LogP contribution is -1.96. The van der Waals surface area contributed by atoms with Crippen molar-refractivity contribution < 1.29 is 29.2 Å². The summed E-state index contributed by atoms with van der Waals surface area (Å²) in [6, 6.07) is 16.4. The van der Waals surface area contributed by atoms with Gasteiger partial charge < -0.3 is 33.7 Å². The summed E-state index contributed by atoms with van der Waals surface area (Å²) >= 11 is 0. The molecule has 0 bridgehead atoms. The van der Waals surface area contributed by atoms with Crippen LogP contribution in [0.3, 0.4) is 0 Å². The summed E-state index contributed by atoms with van der Waals surface area (Å²) in [5, 5.41) is 19.5. The molecule has 0 saturated heterocycles. The van der Waals surface area contributed by atoms with E-state index >= 15 is 0 Å². The Kier molecular flexibility index (Phi) is 6.54. The van der Waals surface area contributed by atoms with Gasteiger partial charge in [-0.15, -0.1) is 0 Å². The van der Waals surface area contributed by atoms with E-state index in [-0.39, 0.29) is 11.5 Å². The zero-order chi connectivity index (χ0) is 24.2. The van der Waals surface area contributed by atoms with Gasteiger partial charge in [-0.05, 0) is 53.1 Å². The normalized spacial score (nSPS) is 10.7. The van der Waals surface area contributed by atoms with E-state index in [2.05, 4.69) is 0 Å². The Morgan fingerprint density at radius 3 is 1.53 bits per heavy atom. The summed E-state index contributed by atoms with van der Waals surface area (Å²) < 4.78 is 23.9. The van der Waals surface area contributed by atoms with E-state index < -0.39 is 0 Å². The number of rotatable bonds is 8. The minimum atomic E-state index is -0.148. The van der Waals surface area contributed by atoms with Crippen molar-refractivity contribution in [3.8, 4) is 56.8 Å². The zero-order valence-electron chi connectivity index (χ0n) is 19.5. The van der Waals surface area contributed by atoms with Crippen molar-refractivity contribution in [2.45, 2.75) is 6.54 Å². The molecule has 7 heteroatoms. The van der Waals surface area contributed by atoms with Crippen molar-refractivity contribution in [1.29, 1.82) is 0 Å². The molecule has 0 amide bonds. The molecule has 0 radical (unpaired) electrons. The van der Waals surface area contributed by atoms with E-state index in [1.807, 2.05) is 53.4 Å². The van der Waals surface area contributed by atoms with Crippen molar-refractivity contribution >= 4 is 0 Å². The van der Waals surface area contributed by atoms with Crippen LogP contribution in [0, 0.1) is 0 Å². The lowest BCUT2D eigenvalue weighted by molar-refractivity contribution is 0.355. The van der Waals surface area contributed by atoms with Crippen molar-refractivity contribution in [2.24, 2.45) is 0 Å². The van der Waals surface area contributed by atoms with Crippen LogP contribution >= 0.6 is 0 Å². The molecule has 176 valence electrons. The number of hydrogen-bond donors (Lipinski definition) is 2. The Hall–Kier alpha value is -4.26. The summed E-state index contributed by atoms with van der Waals surface area (Å²) in [6.45, 7) is 0.501. The van der Waals surface area contributed by atoms with E-state index in [9.17, 15) is 10.2 Å². The van der Waals surface area contributed by atoms with E-state index in [1.165, 1.54) is 6.07 Å². The Morgan fingerprint density at radius 1 is 0.588 bits per heavy atom. The molecular formula is C27H27NO6. The molecular weight excluding hydrogens is 434 g/mol. The van der Waals surface area contributed by atoms with Crippen molar-refractivity contribution in [3.05, 3.63) is 72.6 Å². The van der Waals surface area contributed by atoms with Crippen molar-refractivity contribution in [3.63, 3.8) is 0 Å². The van der Waals surface area contributed by atoms with Crippen LogP contribution < -0.4 is 18.9 Å². The Labute approximate surface area is 198 Å². The van der Waals surface area contributed by atoms with Crippen molar-refractivity contribution in [1.82, 2.24) is 4.57 Å². The standard InChI is InChI=1S/C27H27NO6/c1-31-24-9-6-18(12-26(24)33-3)20-15-28(14-17-5-8-22(29)23(30)11-17)16-21(20)19-7-10-25(32-2)27(13-19)34-4/h5-13,15-16,29-30H,14H2,1-4H3. The first-order chi connectivity index (χ1) is 16.5. The topological polar surface area (TPSA) is 82.3 Å². The van der Waals surface area contributed by atoms with E-state index in [0.717, 1.165) is 27.8 Å². The largest absolute Gasteiger partial charge is 0.504 e. The molecule has 0 unspecified atom stereocenters. The first kappa shape index (κ1) is 22.9. The molecule has 0 spiro atoms. The number of aromatic hydroxyl groups is 2. The van der Waals surface area contributed by atoms with Gasteiger partial charge in [0, 0.05) is 30.1 Å². The molecule has 4 rings (SSSR count). The van der Waals surface area contributed by atoms with Crippen molar-refractivity contribution in [2.75, 3.05) is 28.4 Å². The molecule has 3 aromatic carbocycles. The van der Waals surface area contributed by atoms with Gasteiger partial charge in [0.15, 0.2) is 34.5 Å². The predicted octanol–water partition coefficient (Wildman–Crippen LogP) is 5.32. The van der Waals surface area contributed by atoms with Crippen LogP contribution in [-0.4, -0.2) is 43.2 Å². The number of aromatic nitrogens is 1. The summed E-state index contributed by atoms with van der Waals surface area (Å²) in [5.74, 6) is 2.28. The molecule has 0 aliphatic rings. The number of methoxy groups -OCH3 is 4. The Morgan fingerprint density at radius 2 is 1.09 bits per heavy atom. The fourth-order valence-electron chi connectivity index (χ4n) is 3.95. The lowest BCUT2D eigenvalue weighted by Gasteiger charge is -2.12. The highest BCUT2D eigenvalue weighted by Crippen LogP contribution is 2.40. The average molecular weight is 462 g/mol. The SMILES string of the molecule is COc1ccc(-c2cn(Cc3ccc(O)c(O)c3)cc2-c2ccc(OC)c(OC)c2)cc1OC. The molecule has 4 aromatic rings. The van der Waals surface area contributed by atoms with Crippen LogP contribution in [0.4, 0.5) is 0 Å². The third-order valence-electron chi connectivity index (χ3n) is 5.67. The molecule has 0 fully saturated rings. The van der Waals surface area contributed by atoms with Crippen LogP contribution in [0.5, 0.6) is 34.5 Å². The smallest absolute Gasteiger partial charge is 0.161 e. The highest BCUT2D eigenvalue weighted by Gasteiger charge is 2.16. The second-order valence-electron chi connectivity index (χ2n) is 7.72. The number of phenols is 2. The summed E-state index contributed by atoms with van der Waals surface area (Å²) in [5.41, 5.74) is 4.72. The lowest BCUT2D eigenvalue weighted by atomic mass is 9.98. The molecule has 2 N–H and O–H groups in total. The highest BCUT2D eigenvalue weighted by molar-refractivity contribution is 5.85. The first-order valence-corrected chi connectivity index (χ1v) is 10.6. The minimum absolute atomic E-state index is 0.145. The molecule has 0 atom stereocenters. The maximum Gasteiger partial charge on any atom is 0.161 e. The van der Waals surface area contributed by atoms with E-state index in [1.54, 1.807) is 40.6 Å². The van der Waals surface area contributed by atoms with Gasteiger partial charge in [0.05, 0.1) is 28.4 Å². The molecule has 7 nitrogen and oxygen atoms in total. The molecule has 34 heavy (non-hydrogen) atoms. The fourth-order valence-corrected chi connectivity index (χ4v) is 3.95. The summed E-state index contributed by atoms with van der Waals surface area (Å²) in [4.78, 5) is 0. The monoisotopic (exact) mass is 461 g/mol. The van der Waals surface area contributed by atoms with Gasteiger partial charge in [-0.25, -0.2) is 0 Å². The molecule has 1 heterocycles. The van der Waals surface area contributed by atoms with Gasteiger partial charge in [0.25, 0.3) is 0 Å². The number of hydrogen-bond acceptors (Lipinski definition) is 6. The van der Waals surface area contributed by atoms with Gasteiger partial charge >= 0.3 is 0 Å². The fraction of sp³-hybridized carbons (Fsp3) is 0.185. The second-order valence-corrected chi connectivity index (χ2v) is 7.72. The quantitative estimate of drug-likeness (QED) is 0.346. The molecule has 1 aromatic heterocycles. The first-order valence-electron chi connectivity index (χ1n) is 10.6. The third-order valence-corrected chi connectivity index (χ3v) is 5.67. The van der Waals surface area contributed by atoms with Gasteiger partial charge in [0.1, 0.15) is 0 Å². The average Bonchev–Trinajstić information content (AvgIpc) is 3.29. The van der Waals surface area contributed by atoms with Gasteiger partial charge in [-0.2, -0.15) is 0 Å². The zero-order valence-corrected chi connectivity index (χ0v) is 19.5. The number of ether oxygens (including phenoxy) is 4. The maximum absolute atomic E-state index is 9.90. The van der Waals surface area contributed by atoms with Crippen LogP contribution in [0.2, 0.25) is 0 Å². The summed E-state index contributed by atoms with van der Waals surface area (Å²) in [7, 11) is 6.44. The van der Waals surface area contributed by atoms with E-state index in [0.29, 0.717) is 29.5 Å². The van der Waals surface area contributed by atoms with Crippen LogP contribution in [0.25, 0.3) is 22.3 Å². The Balaban J connectivity index is 1.84. The number of phenolic OH excluding ortho intramolecular Hbond substituents is 2. The highest BCUT2D eigenvalue weighted by atomic mass is 16.5. The molecule has 0 saturated carbocycles. The third kappa shape index (κ3) is 4.45. The Bertz CT molecular complexity index is 1240. The molecule has 0 aliphatic heterocycles. The summed E-state index contributed by atoms with van der Waals surface area (Å²) in [6.07, 6.45) is 4.08. The van der Waals surface area contributed by atoms with Gasteiger partial charge in [-0.3, -0.25) is 0 Å².